The molecule has 5 heteroatoms. The van der Waals surface area contributed by atoms with Gasteiger partial charge in [0.2, 0.25) is 0 Å². The molecule has 0 radical (unpaired) electrons. The van der Waals surface area contributed by atoms with Gasteiger partial charge in [-0.25, -0.2) is 9.97 Å². The Balaban J connectivity index is 1.73. The van der Waals surface area contributed by atoms with Crippen molar-refractivity contribution in [2.75, 3.05) is 0 Å². The highest BCUT2D eigenvalue weighted by Gasteiger charge is 2.52. The summed E-state index contributed by atoms with van der Waals surface area (Å²) in [5, 5.41) is 11.4. The highest BCUT2D eigenvalue weighted by Crippen LogP contribution is 2.59. The number of hydrogen-bond acceptors (Lipinski definition) is 5. The predicted octanol–water partition coefficient (Wildman–Crippen LogP) is 6.19. The second kappa shape index (κ2) is 7.58. The van der Waals surface area contributed by atoms with Gasteiger partial charge < -0.3 is 9.84 Å². The molecule has 3 heterocycles. The fraction of sp³-hybridized carbons (Fsp3) is 0.679. The molecule has 0 aromatic carbocycles. The Morgan fingerprint density at radius 3 is 2.27 bits per heavy atom. The summed E-state index contributed by atoms with van der Waals surface area (Å²) in [5.41, 5.74) is 6.28. The summed E-state index contributed by atoms with van der Waals surface area (Å²) in [7, 11) is 0. The van der Waals surface area contributed by atoms with Crippen LogP contribution in [-0.4, -0.2) is 20.1 Å². The molecule has 1 aliphatic heterocycles. The molecule has 1 spiro atoms. The van der Waals surface area contributed by atoms with Crippen LogP contribution in [-0.2, 0) is 22.2 Å². The molecule has 1 fully saturated rings. The minimum Gasteiger partial charge on any atom is -0.388 e. The summed E-state index contributed by atoms with van der Waals surface area (Å²) in [4.78, 5) is 14.7. The van der Waals surface area contributed by atoms with E-state index in [1.165, 1.54) is 11.1 Å². The van der Waals surface area contributed by atoms with Crippen LogP contribution in [0, 0.1) is 5.41 Å². The quantitative estimate of drug-likeness (QED) is 0.592. The summed E-state index contributed by atoms with van der Waals surface area (Å²) in [6.45, 7) is 15.3. The van der Waals surface area contributed by atoms with Crippen LogP contribution < -0.4 is 0 Å². The van der Waals surface area contributed by atoms with Gasteiger partial charge in [-0.1, -0.05) is 61.3 Å². The van der Waals surface area contributed by atoms with E-state index in [0.717, 1.165) is 66.9 Å². The van der Waals surface area contributed by atoms with E-state index in [4.69, 9.17) is 19.7 Å². The molecule has 178 valence electrons. The van der Waals surface area contributed by atoms with Gasteiger partial charge in [0.15, 0.2) is 0 Å². The van der Waals surface area contributed by atoms with E-state index in [0.29, 0.717) is 0 Å². The van der Waals surface area contributed by atoms with Crippen LogP contribution >= 0.6 is 0 Å². The molecule has 2 atom stereocenters. The smallest absolute Gasteiger partial charge is 0.133 e. The third-order valence-corrected chi connectivity index (χ3v) is 7.77. The molecule has 2 aliphatic carbocycles. The Hall–Kier alpha value is -1.85. The number of pyridine rings is 1. The summed E-state index contributed by atoms with van der Waals surface area (Å²) >= 11 is 0. The lowest BCUT2D eigenvalue weighted by molar-refractivity contribution is -0.0583. The van der Waals surface area contributed by atoms with Gasteiger partial charge in [0.05, 0.1) is 11.7 Å². The lowest BCUT2D eigenvalue weighted by Gasteiger charge is -2.38. The lowest BCUT2D eigenvalue weighted by Crippen LogP contribution is -2.32. The largest absolute Gasteiger partial charge is 0.388 e. The maximum atomic E-state index is 11.4. The van der Waals surface area contributed by atoms with Gasteiger partial charge in [0.25, 0.3) is 0 Å². The van der Waals surface area contributed by atoms with E-state index >= 15 is 0 Å². The first kappa shape index (κ1) is 22.9. The maximum Gasteiger partial charge on any atom is 0.133 e. The molecule has 0 amide bonds. The highest BCUT2D eigenvalue weighted by atomic mass is 16.5. The molecular formula is C28H39N3O2. The first-order chi connectivity index (χ1) is 15.4. The topological polar surface area (TPSA) is 68.1 Å². The van der Waals surface area contributed by atoms with Crippen molar-refractivity contribution in [2.45, 2.75) is 116 Å². The average Bonchev–Trinajstić information content (AvgIpc) is 3.31. The zero-order chi connectivity index (χ0) is 23.8. The Bertz CT molecular complexity index is 1060. The second-order valence-corrected chi connectivity index (χ2v) is 12.7. The number of hydrogen-bond donors (Lipinski definition) is 1. The van der Waals surface area contributed by atoms with Crippen LogP contribution in [0.5, 0.6) is 0 Å². The van der Waals surface area contributed by atoms with E-state index in [1.54, 1.807) is 0 Å². The van der Waals surface area contributed by atoms with Crippen molar-refractivity contribution in [3.8, 4) is 0 Å². The van der Waals surface area contributed by atoms with E-state index in [1.807, 2.05) is 12.4 Å². The highest BCUT2D eigenvalue weighted by molar-refractivity contribution is 5.54. The number of nitrogens with zero attached hydrogens (tertiary/aromatic N) is 3. The Morgan fingerprint density at radius 1 is 1.06 bits per heavy atom. The molecule has 1 N–H and O–H groups in total. The number of aliphatic hydroxyl groups excluding tert-OH is 1. The Kier molecular flexibility index (Phi) is 5.26. The number of ether oxygens (including phenoxy) is 1. The van der Waals surface area contributed by atoms with Crippen molar-refractivity contribution < 1.29 is 9.84 Å². The van der Waals surface area contributed by atoms with Crippen molar-refractivity contribution in [1.82, 2.24) is 15.0 Å². The molecule has 0 unspecified atom stereocenters. The monoisotopic (exact) mass is 449 g/mol. The average molecular weight is 450 g/mol. The SMILES string of the molecule is CC(C)c1nc2c(c3c1[C@@H](c1cnc(C(C)(C)C)nc1)OC31CCCC1)[C@@H](O)CC(C)(C)C2. The van der Waals surface area contributed by atoms with Gasteiger partial charge in [-0.2, -0.15) is 0 Å². The number of fused-ring (bicyclic) bond motifs is 4. The first-order valence-corrected chi connectivity index (χ1v) is 12.7. The van der Waals surface area contributed by atoms with Crippen molar-refractivity contribution >= 4 is 0 Å². The normalized spacial score (nSPS) is 25.5. The summed E-state index contributed by atoms with van der Waals surface area (Å²) in [5.74, 6) is 1.11. The van der Waals surface area contributed by atoms with Crippen LogP contribution in [0.25, 0.3) is 0 Å². The minimum absolute atomic E-state index is 0.0419. The van der Waals surface area contributed by atoms with Crippen LogP contribution in [0.3, 0.4) is 0 Å². The molecule has 33 heavy (non-hydrogen) atoms. The Labute approximate surface area is 198 Å². The minimum atomic E-state index is -0.495. The number of aliphatic hydroxyl groups is 1. The summed E-state index contributed by atoms with van der Waals surface area (Å²) in [6.07, 6.45) is 9.13. The standard InChI is InChI=1S/C28H39N3O2/c1-16(2)23-21-22(20-18(31-23)12-27(6,7)13-19(20)32)28(10-8-9-11-28)33-24(21)17-14-29-25(30-15-17)26(3,4)5/h14-16,19,24,32H,8-13H2,1-7H3/t19-,24+/m0/s1. The van der Waals surface area contributed by atoms with Gasteiger partial charge in [-0.3, -0.25) is 4.98 Å². The molecule has 3 aliphatic rings. The molecule has 1 saturated carbocycles. The second-order valence-electron chi connectivity index (χ2n) is 12.7. The van der Waals surface area contributed by atoms with E-state index in [9.17, 15) is 5.11 Å². The maximum absolute atomic E-state index is 11.4. The lowest BCUT2D eigenvalue weighted by atomic mass is 9.70. The third-order valence-electron chi connectivity index (χ3n) is 7.77. The van der Waals surface area contributed by atoms with Crippen LogP contribution in [0.2, 0.25) is 0 Å². The fourth-order valence-corrected chi connectivity index (χ4v) is 6.28. The molecule has 0 saturated heterocycles. The molecule has 2 aromatic rings. The number of aromatic nitrogens is 3. The van der Waals surface area contributed by atoms with E-state index in [-0.39, 0.29) is 28.5 Å². The van der Waals surface area contributed by atoms with Crippen LogP contribution in [0.1, 0.15) is 138 Å². The van der Waals surface area contributed by atoms with Gasteiger partial charge >= 0.3 is 0 Å². The van der Waals surface area contributed by atoms with Gasteiger partial charge in [0, 0.05) is 45.9 Å². The molecule has 0 bridgehead atoms. The van der Waals surface area contributed by atoms with Gasteiger partial charge in [-0.15, -0.1) is 0 Å². The summed E-state index contributed by atoms with van der Waals surface area (Å²) in [6, 6.07) is 0. The molecule has 5 rings (SSSR count). The first-order valence-electron chi connectivity index (χ1n) is 12.7. The molecule has 2 aromatic heterocycles. The zero-order valence-corrected chi connectivity index (χ0v) is 21.3. The van der Waals surface area contributed by atoms with Crippen molar-refractivity contribution in [3.05, 3.63) is 51.9 Å². The van der Waals surface area contributed by atoms with E-state index in [2.05, 4.69) is 48.5 Å². The van der Waals surface area contributed by atoms with Gasteiger partial charge in [0.1, 0.15) is 11.9 Å². The van der Waals surface area contributed by atoms with Crippen LogP contribution in [0.4, 0.5) is 0 Å². The predicted molar refractivity (Wildman–Crippen MR) is 129 cm³/mol. The van der Waals surface area contributed by atoms with E-state index < -0.39 is 6.10 Å². The Morgan fingerprint density at radius 2 is 1.70 bits per heavy atom. The van der Waals surface area contributed by atoms with Crippen LogP contribution in [0.15, 0.2) is 12.4 Å². The summed E-state index contributed by atoms with van der Waals surface area (Å²) < 4.78 is 7.02. The molecule has 5 nitrogen and oxygen atoms in total. The zero-order valence-electron chi connectivity index (χ0n) is 21.3. The third kappa shape index (κ3) is 3.72. The van der Waals surface area contributed by atoms with Crippen molar-refractivity contribution in [1.29, 1.82) is 0 Å². The van der Waals surface area contributed by atoms with Crippen molar-refractivity contribution in [2.24, 2.45) is 5.41 Å². The van der Waals surface area contributed by atoms with Crippen molar-refractivity contribution in [3.63, 3.8) is 0 Å². The number of rotatable bonds is 2. The van der Waals surface area contributed by atoms with Gasteiger partial charge in [-0.05, 0) is 42.6 Å². The fourth-order valence-electron chi connectivity index (χ4n) is 6.28. The molecular weight excluding hydrogens is 410 g/mol.